The van der Waals surface area contributed by atoms with Crippen LogP contribution >= 0.6 is 0 Å². The zero-order chi connectivity index (χ0) is 20.9. The first-order valence-corrected chi connectivity index (χ1v) is 10.1. The highest BCUT2D eigenvalue weighted by Gasteiger charge is 2.22. The van der Waals surface area contributed by atoms with Crippen molar-refractivity contribution >= 4 is 11.7 Å². The number of ether oxygens (including phenoxy) is 1. The highest BCUT2D eigenvalue weighted by atomic mass is 16.5. The molecule has 0 atom stereocenters. The molecule has 3 aromatic rings. The van der Waals surface area contributed by atoms with E-state index in [4.69, 9.17) is 9.26 Å². The standard InChI is InChI=1S/C22H25N5O3/c1-3-20-24-22(25-30-20)17-6-9-19(23-14-17)26-10-12-27(13-11-26)21(28)15-29-18-7-4-16(2)5-8-18/h4-9,14H,3,10-13,15H2,1-2H3. The summed E-state index contributed by atoms with van der Waals surface area (Å²) in [6.07, 6.45) is 2.46. The molecule has 1 aliphatic rings. The van der Waals surface area contributed by atoms with Gasteiger partial charge < -0.3 is 19.1 Å². The fourth-order valence-corrected chi connectivity index (χ4v) is 3.28. The molecular weight excluding hydrogens is 382 g/mol. The van der Waals surface area contributed by atoms with E-state index in [1.807, 2.05) is 55.1 Å². The molecular formula is C22H25N5O3. The zero-order valence-corrected chi connectivity index (χ0v) is 17.2. The molecule has 30 heavy (non-hydrogen) atoms. The maximum atomic E-state index is 12.5. The van der Waals surface area contributed by atoms with Gasteiger partial charge in [-0.15, -0.1) is 0 Å². The lowest BCUT2D eigenvalue weighted by atomic mass is 10.2. The Balaban J connectivity index is 1.28. The molecule has 1 aliphatic heterocycles. The Hall–Kier alpha value is -3.42. The maximum absolute atomic E-state index is 12.5. The van der Waals surface area contributed by atoms with Crippen molar-refractivity contribution in [1.29, 1.82) is 0 Å². The minimum atomic E-state index is 0.00219. The number of pyridine rings is 1. The van der Waals surface area contributed by atoms with Crippen molar-refractivity contribution in [3.8, 4) is 17.1 Å². The van der Waals surface area contributed by atoms with E-state index < -0.39 is 0 Å². The summed E-state index contributed by atoms with van der Waals surface area (Å²) >= 11 is 0. The topological polar surface area (TPSA) is 84.6 Å². The molecule has 0 bridgehead atoms. The van der Waals surface area contributed by atoms with Crippen LogP contribution in [0.2, 0.25) is 0 Å². The van der Waals surface area contributed by atoms with Crippen molar-refractivity contribution in [3.63, 3.8) is 0 Å². The van der Waals surface area contributed by atoms with E-state index in [0.717, 1.165) is 30.0 Å². The third-order valence-electron chi connectivity index (χ3n) is 5.12. The Kier molecular flexibility index (Phi) is 5.92. The predicted molar refractivity (Wildman–Crippen MR) is 112 cm³/mol. The number of carbonyl (C=O) groups is 1. The monoisotopic (exact) mass is 407 g/mol. The molecule has 2 aromatic heterocycles. The van der Waals surface area contributed by atoms with Crippen molar-refractivity contribution in [2.24, 2.45) is 0 Å². The number of aromatic nitrogens is 3. The van der Waals surface area contributed by atoms with Gasteiger partial charge in [-0.05, 0) is 31.2 Å². The van der Waals surface area contributed by atoms with E-state index >= 15 is 0 Å². The number of rotatable bonds is 6. The van der Waals surface area contributed by atoms with Gasteiger partial charge in [-0.1, -0.05) is 29.8 Å². The highest BCUT2D eigenvalue weighted by molar-refractivity contribution is 5.78. The van der Waals surface area contributed by atoms with Crippen LogP contribution in [-0.2, 0) is 11.2 Å². The zero-order valence-electron chi connectivity index (χ0n) is 17.2. The number of carbonyl (C=O) groups excluding carboxylic acids is 1. The molecule has 3 heterocycles. The molecule has 0 spiro atoms. The fraction of sp³-hybridized carbons (Fsp3) is 0.364. The number of benzene rings is 1. The van der Waals surface area contributed by atoms with Crippen molar-refractivity contribution in [2.45, 2.75) is 20.3 Å². The molecule has 0 saturated carbocycles. The molecule has 1 fully saturated rings. The Morgan fingerprint density at radius 1 is 1.10 bits per heavy atom. The fourth-order valence-electron chi connectivity index (χ4n) is 3.28. The van der Waals surface area contributed by atoms with E-state index in [1.165, 1.54) is 0 Å². The van der Waals surface area contributed by atoms with Gasteiger partial charge in [0.15, 0.2) is 6.61 Å². The van der Waals surface area contributed by atoms with Crippen LogP contribution in [0.4, 0.5) is 5.82 Å². The predicted octanol–water partition coefficient (Wildman–Crippen LogP) is 2.73. The Bertz CT molecular complexity index is 977. The maximum Gasteiger partial charge on any atom is 0.260 e. The summed E-state index contributed by atoms with van der Waals surface area (Å²) in [5, 5.41) is 3.98. The first-order chi connectivity index (χ1) is 14.6. The van der Waals surface area contributed by atoms with E-state index in [0.29, 0.717) is 37.0 Å². The minimum absolute atomic E-state index is 0.00219. The van der Waals surface area contributed by atoms with Crippen LogP contribution in [-0.4, -0.2) is 58.7 Å². The molecule has 8 heteroatoms. The number of hydrogen-bond donors (Lipinski definition) is 0. The molecule has 4 rings (SSSR count). The van der Waals surface area contributed by atoms with E-state index in [-0.39, 0.29) is 12.5 Å². The first-order valence-electron chi connectivity index (χ1n) is 10.1. The van der Waals surface area contributed by atoms with Gasteiger partial charge in [0.2, 0.25) is 11.7 Å². The Morgan fingerprint density at radius 2 is 1.87 bits per heavy atom. The highest BCUT2D eigenvalue weighted by Crippen LogP contribution is 2.20. The second kappa shape index (κ2) is 8.94. The number of hydrogen-bond acceptors (Lipinski definition) is 7. The molecule has 156 valence electrons. The van der Waals surface area contributed by atoms with Crippen LogP contribution in [0.15, 0.2) is 47.1 Å². The second-order valence-electron chi connectivity index (χ2n) is 7.24. The number of nitrogens with zero attached hydrogens (tertiary/aromatic N) is 5. The second-order valence-corrected chi connectivity index (χ2v) is 7.24. The van der Waals surface area contributed by atoms with Crippen molar-refractivity contribution in [1.82, 2.24) is 20.0 Å². The van der Waals surface area contributed by atoms with Gasteiger partial charge in [-0.3, -0.25) is 4.79 Å². The van der Waals surface area contributed by atoms with Gasteiger partial charge >= 0.3 is 0 Å². The summed E-state index contributed by atoms with van der Waals surface area (Å²) < 4.78 is 10.8. The molecule has 0 N–H and O–H groups in total. The summed E-state index contributed by atoms with van der Waals surface area (Å²) in [6.45, 7) is 6.78. The molecule has 0 radical (unpaired) electrons. The van der Waals surface area contributed by atoms with Crippen LogP contribution in [0.25, 0.3) is 11.4 Å². The third-order valence-corrected chi connectivity index (χ3v) is 5.12. The van der Waals surface area contributed by atoms with Crippen molar-refractivity contribution < 1.29 is 14.1 Å². The lowest BCUT2D eigenvalue weighted by Crippen LogP contribution is -2.50. The lowest BCUT2D eigenvalue weighted by molar-refractivity contribution is -0.133. The van der Waals surface area contributed by atoms with Gasteiger partial charge in [-0.25, -0.2) is 4.98 Å². The van der Waals surface area contributed by atoms with Crippen LogP contribution in [0.5, 0.6) is 5.75 Å². The quantitative estimate of drug-likeness (QED) is 0.621. The van der Waals surface area contributed by atoms with Gasteiger partial charge in [0.25, 0.3) is 5.91 Å². The summed E-state index contributed by atoms with van der Waals surface area (Å²) in [6, 6.07) is 11.6. The van der Waals surface area contributed by atoms with Crippen LogP contribution in [0.1, 0.15) is 18.4 Å². The van der Waals surface area contributed by atoms with Crippen LogP contribution in [0, 0.1) is 6.92 Å². The van der Waals surface area contributed by atoms with Crippen molar-refractivity contribution in [2.75, 3.05) is 37.7 Å². The number of piperazine rings is 1. The molecule has 8 nitrogen and oxygen atoms in total. The lowest BCUT2D eigenvalue weighted by Gasteiger charge is -2.35. The SMILES string of the molecule is CCc1nc(-c2ccc(N3CCN(C(=O)COc4ccc(C)cc4)CC3)nc2)no1. The average molecular weight is 407 g/mol. The third kappa shape index (κ3) is 4.59. The molecule has 1 saturated heterocycles. The van der Waals surface area contributed by atoms with Crippen LogP contribution in [0.3, 0.4) is 0 Å². The van der Waals surface area contributed by atoms with Gasteiger partial charge in [0.05, 0.1) is 0 Å². The molecule has 1 amide bonds. The minimum Gasteiger partial charge on any atom is -0.484 e. The van der Waals surface area contributed by atoms with E-state index in [2.05, 4.69) is 20.0 Å². The largest absolute Gasteiger partial charge is 0.484 e. The summed E-state index contributed by atoms with van der Waals surface area (Å²) in [5.74, 6) is 2.75. The first kappa shape index (κ1) is 19.9. The van der Waals surface area contributed by atoms with E-state index in [1.54, 1.807) is 6.20 Å². The smallest absolute Gasteiger partial charge is 0.260 e. The van der Waals surface area contributed by atoms with Gasteiger partial charge in [-0.2, -0.15) is 4.98 Å². The van der Waals surface area contributed by atoms with E-state index in [9.17, 15) is 4.79 Å². The Morgan fingerprint density at radius 3 is 2.50 bits per heavy atom. The average Bonchev–Trinajstić information content (AvgIpc) is 3.28. The summed E-state index contributed by atoms with van der Waals surface area (Å²) in [4.78, 5) is 25.3. The Labute approximate surface area is 175 Å². The summed E-state index contributed by atoms with van der Waals surface area (Å²) in [7, 11) is 0. The van der Waals surface area contributed by atoms with Gasteiger partial charge in [0, 0.05) is 44.4 Å². The number of aryl methyl sites for hydroxylation is 2. The molecule has 0 aliphatic carbocycles. The molecule has 1 aromatic carbocycles. The summed E-state index contributed by atoms with van der Waals surface area (Å²) in [5.41, 5.74) is 1.98. The normalized spacial score (nSPS) is 14.1. The van der Waals surface area contributed by atoms with Gasteiger partial charge in [0.1, 0.15) is 11.6 Å². The number of amides is 1. The molecule has 0 unspecified atom stereocenters. The number of anilines is 1. The van der Waals surface area contributed by atoms with Crippen LogP contribution < -0.4 is 9.64 Å². The van der Waals surface area contributed by atoms with Crippen molar-refractivity contribution in [3.05, 3.63) is 54.0 Å².